The Hall–Kier alpha value is -0.610. The monoisotopic (exact) mass is 212 g/mol. The predicted molar refractivity (Wildman–Crippen MR) is 57.4 cm³/mol. The number of hydrogen-bond donors (Lipinski definition) is 2. The molecule has 1 amide bonds. The number of carbonyl (C=O) groups is 1. The minimum Gasteiger partial charge on any atom is -0.394 e. The van der Waals surface area contributed by atoms with Gasteiger partial charge in [0.1, 0.15) is 0 Å². The van der Waals surface area contributed by atoms with Crippen LogP contribution < -0.4 is 5.32 Å². The first kappa shape index (κ1) is 10.9. The predicted octanol–water partition coefficient (Wildman–Crippen LogP) is -0.0307. The highest BCUT2D eigenvalue weighted by atomic mass is 16.3. The number of nitrogens with one attached hydrogen (secondary N) is 1. The molecule has 1 unspecified atom stereocenters. The molecule has 0 spiro atoms. The first-order valence-electron chi connectivity index (χ1n) is 5.80. The van der Waals surface area contributed by atoms with E-state index >= 15 is 0 Å². The molecule has 0 aliphatic carbocycles. The normalized spacial score (nSPS) is 36.1. The Morgan fingerprint density at radius 1 is 1.67 bits per heavy atom. The molecule has 4 heteroatoms. The van der Waals surface area contributed by atoms with E-state index in [2.05, 4.69) is 5.32 Å². The molecule has 2 N–H and O–H groups in total. The summed E-state index contributed by atoms with van der Waals surface area (Å²) in [6, 6.07) is 0.0647. The molecule has 0 saturated carbocycles. The quantitative estimate of drug-likeness (QED) is 0.676. The topological polar surface area (TPSA) is 52.6 Å². The molecule has 2 aliphatic rings. The largest absolute Gasteiger partial charge is 0.394 e. The van der Waals surface area contributed by atoms with Crippen LogP contribution in [0.5, 0.6) is 0 Å². The molecule has 2 heterocycles. The molecule has 0 bridgehead atoms. The van der Waals surface area contributed by atoms with Crippen LogP contribution in [-0.4, -0.2) is 48.2 Å². The summed E-state index contributed by atoms with van der Waals surface area (Å²) in [7, 11) is 0. The number of aliphatic hydroxyl groups is 1. The van der Waals surface area contributed by atoms with Crippen LogP contribution in [0.3, 0.4) is 0 Å². The van der Waals surface area contributed by atoms with E-state index < -0.39 is 0 Å². The number of hydrogen-bond acceptors (Lipinski definition) is 3. The lowest BCUT2D eigenvalue weighted by Crippen LogP contribution is -2.46. The lowest BCUT2D eigenvalue weighted by molar-refractivity contribution is -0.141. The Balaban J connectivity index is 2.06. The zero-order valence-corrected chi connectivity index (χ0v) is 9.33. The third-order valence-electron chi connectivity index (χ3n) is 3.73. The molecular formula is C11H20N2O2. The van der Waals surface area contributed by atoms with Crippen LogP contribution in [-0.2, 0) is 4.79 Å². The van der Waals surface area contributed by atoms with Gasteiger partial charge in [-0.25, -0.2) is 0 Å². The van der Waals surface area contributed by atoms with Crippen LogP contribution in [0, 0.1) is 5.41 Å². The number of likely N-dealkylation sites (tertiary alicyclic amines) is 1. The van der Waals surface area contributed by atoms with Crippen molar-refractivity contribution in [3.8, 4) is 0 Å². The van der Waals surface area contributed by atoms with Crippen molar-refractivity contribution < 1.29 is 9.90 Å². The SMILES string of the molecule is CC1(C(=O)N2CCC[C@@H]2CO)CCNC1. The number of rotatable bonds is 2. The molecule has 2 fully saturated rings. The van der Waals surface area contributed by atoms with Gasteiger partial charge in [0.05, 0.1) is 18.1 Å². The maximum absolute atomic E-state index is 12.3. The number of nitrogens with zero attached hydrogens (tertiary/aromatic N) is 1. The van der Waals surface area contributed by atoms with Gasteiger partial charge in [0.15, 0.2) is 0 Å². The molecule has 2 rings (SSSR count). The van der Waals surface area contributed by atoms with Crippen molar-refractivity contribution in [2.45, 2.75) is 32.2 Å². The van der Waals surface area contributed by atoms with Crippen molar-refractivity contribution in [1.82, 2.24) is 10.2 Å². The smallest absolute Gasteiger partial charge is 0.230 e. The summed E-state index contributed by atoms with van der Waals surface area (Å²) in [5.74, 6) is 0.226. The molecule has 86 valence electrons. The molecular weight excluding hydrogens is 192 g/mol. The van der Waals surface area contributed by atoms with E-state index in [1.165, 1.54) is 0 Å². The molecule has 0 aromatic rings. The van der Waals surface area contributed by atoms with Gasteiger partial charge >= 0.3 is 0 Å². The minimum atomic E-state index is -0.238. The van der Waals surface area contributed by atoms with E-state index in [0.29, 0.717) is 0 Å². The van der Waals surface area contributed by atoms with Gasteiger partial charge in [0.25, 0.3) is 0 Å². The van der Waals surface area contributed by atoms with E-state index in [9.17, 15) is 9.90 Å². The zero-order valence-electron chi connectivity index (χ0n) is 9.33. The molecule has 2 saturated heterocycles. The molecule has 0 radical (unpaired) electrons. The van der Waals surface area contributed by atoms with Crippen molar-refractivity contribution in [2.24, 2.45) is 5.41 Å². The molecule has 4 nitrogen and oxygen atoms in total. The van der Waals surface area contributed by atoms with E-state index in [1.54, 1.807) is 0 Å². The first-order chi connectivity index (χ1) is 7.17. The molecule has 2 aliphatic heterocycles. The van der Waals surface area contributed by atoms with Crippen LogP contribution in [0.2, 0.25) is 0 Å². The summed E-state index contributed by atoms with van der Waals surface area (Å²) < 4.78 is 0. The Morgan fingerprint density at radius 3 is 3.07 bits per heavy atom. The van der Waals surface area contributed by atoms with Crippen molar-refractivity contribution >= 4 is 5.91 Å². The Labute approximate surface area is 90.6 Å². The van der Waals surface area contributed by atoms with Crippen LogP contribution >= 0.6 is 0 Å². The Kier molecular flexibility index (Phi) is 2.98. The highest BCUT2D eigenvalue weighted by Crippen LogP contribution is 2.30. The summed E-state index contributed by atoms with van der Waals surface area (Å²) in [5, 5.41) is 12.4. The van der Waals surface area contributed by atoms with Crippen LogP contribution in [0.15, 0.2) is 0 Å². The average molecular weight is 212 g/mol. The van der Waals surface area contributed by atoms with Gasteiger partial charge in [-0.05, 0) is 32.7 Å². The van der Waals surface area contributed by atoms with Crippen LogP contribution in [0.4, 0.5) is 0 Å². The van der Waals surface area contributed by atoms with Gasteiger partial charge in [-0.15, -0.1) is 0 Å². The molecule has 15 heavy (non-hydrogen) atoms. The Bertz CT molecular complexity index is 249. The maximum Gasteiger partial charge on any atom is 0.230 e. The van der Waals surface area contributed by atoms with Gasteiger partial charge in [0.2, 0.25) is 5.91 Å². The van der Waals surface area contributed by atoms with Gasteiger partial charge in [-0.3, -0.25) is 4.79 Å². The fraction of sp³-hybridized carbons (Fsp3) is 0.909. The second-order valence-corrected chi connectivity index (χ2v) is 4.96. The average Bonchev–Trinajstić information content (AvgIpc) is 2.85. The summed E-state index contributed by atoms with van der Waals surface area (Å²) >= 11 is 0. The van der Waals surface area contributed by atoms with E-state index in [0.717, 1.165) is 38.9 Å². The van der Waals surface area contributed by atoms with Crippen molar-refractivity contribution in [3.63, 3.8) is 0 Å². The first-order valence-corrected chi connectivity index (χ1v) is 5.80. The van der Waals surface area contributed by atoms with Crippen molar-refractivity contribution in [1.29, 1.82) is 0 Å². The highest BCUT2D eigenvalue weighted by Gasteiger charge is 2.42. The lowest BCUT2D eigenvalue weighted by atomic mass is 9.88. The summed E-state index contributed by atoms with van der Waals surface area (Å²) in [6.07, 6.45) is 2.90. The fourth-order valence-electron chi connectivity index (χ4n) is 2.64. The summed E-state index contributed by atoms with van der Waals surface area (Å²) in [6.45, 7) is 4.66. The minimum absolute atomic E-state index is 0.0647. The van der Waals surface area contributed by atoms with Crippen molar-refractivity contribution in [3.05, 3.63) is 0 Å². The van der Waals surface area contributed by atoms with E-state index in [4.69, 9.17) is 0 Å². The van der Waals surface area contributed by atoms with Gasteiger partial charge in [-0.1, -0.05) is 0 Å². The van der Waals surface area contributed by atoms with Gasteiger partial charge in [-0.2, -0.15) is 0 Å². The Morgan fingerprint density at radius 2 is 2.47 bits per heavy atom. The molecule has 0 aromatic heterocycles. The zero-order chi connectivity index (χ0) is 10.9. The number of aliphatic hydroxyl groups excluding tert-OH is 1. The lowest BCUT2D eigenvalue weighted by Gasteiger charge is -2.31. The summed E-state index contributed by atoms with van der Waals surface area (Å²) in [5.41, 5.74) is -0.238. The summed E-state index contributed by atoms with van der Waals surface area (Å²) in [4.78, 5) is 14.2. The highest BCUT2D eigenvalue weighted by molar-refractivity contribution is 5.83. The van der Waals surface area contributed by atoms with Crippen molar-refractivity contribution in [2.75, 3.05) is 26.2 Å². The number of carbonyl (C=O) groups excluding carboxylic acids is 1. The standard InChI is InChI=1S/C11H20N2O2/c1-11(4-5-12-8-11)10(15)13-6-2-3-9(13)7-14/h9,12,14H,2-8H2,1H3/t9-,11?/m1/s1. The maximum atomic E-state index is 12.3. The second-order valence-electron chi connectivity index (χ2n) is 4.96. The fourth-order valence-corrected chi connectivity index (χ4v) is 2.64. The number of amides is 1. The van der Waals surface area contributed by atoms with Gasteiger partial charge < -0.3 is 15.3 Å². The second kappa shape index (κ2) is 4.10. The van der Waals surface area contributed by atoms with E-state index in [1.807, 2.05) is 11.8 Å². The van der Waals surface area contributed by atoms with E-state index in [-0.39, 0.29) is 24.0 Å². The molecule has 2 atom stereocenters. The van der Waals surface area contributed by atoms with Crippen LogP contribution in [0.1, 0.15) is 26.2 Å². The molecule has 0 aromatic carbocycles. The third kappa shape index (κ3) is 1.88. The van der Waals surface area contributed by atoms with Gasteiger partial charge in [0, 0.05) is 13.1 Å². The third-order valence-corrected chi connectivity index (χ3v) is 3.73. The van der Waals surface area contributed by atoms with Crippen LogP contribution in [0.25, 0.3) is 0 Å².